The minimum Gasteiger partial charge on any atom is -0.338 e. The Kier molecular flexibility index (Phi) is 6.50. The van der Waals surface area contributed by atoms with Crippen LogP contribution in [-0.4, -0.2) is 68.3 Å². The summed E-state index contributed by atoms with van der Waals surface area (Å²) in [6.45, 7) is 3.41. The SMILES string of the molecule is Cc1ccc(-n2cnnc2SCC(=O)N2CCN(C(=O)c3ccc(F)c(F)c3)CC2)cc1. The van der Waals surface area contributed by atoms with E-state index in [1.807, 2.05) is 35.8 Å². The second-order valence-corrected chi connectivity index (χ2v) is 8.35. The summed E-state index contributed by atoms with van der Waals surface area (Å²) in [6, 6.07) is 11.0. The van der Waals surface area contributed by atoms with Gasteiger partial charge in [-0.05, 0) is 37.3 Å². The summed E-state index contributed by atoms with van der Waals surface area (Å²) in [7, 11) is 0. The molecule has 32 heavy (non-hydrogen) atoms. The molecular formula is C22H21F2N5O2S. The molecule has 2 amide bonds. The molecule has 2 heterocycles. The highest BCUT2D eigenvalue weighted by atomic mass is 32.2. The summed E-state index contributed by atoms with van der Waals surface area (Å²) in [5, 5.41) is 8.68. The number of hydrogen-bond acceptors (Lipinski definition) is 5. The molecule has 0 atom stereocenters. The van der Waals surface area contributed by atoms with E-state index in [0.29, 0.717) is 31.3 Å². The second kappa shape index (κ2) is 9.47. The molecule has 3 aromatic rings. The first kappa shape index (κ1) is 21.9. The van der Waals surface area contributed by atoms with Gasteiger partial charge in [0.2, 0.25) is 5.91 Å². The number of piperazine rings is 1. The van der Waals surface area contributed by atoms with Gasteiger partial charge in [0.1, 0.15) is 6.33 Å². The van der Waals surface area contributed by atoms with Crippen molar-refractivity contribution in [2.24, 2.45) is 0 Å². The molecule has 0 aliphatic carbocycles. The minimum absolute atomic E-state index is 0.0617. The van der Waals surface area contributed by atoms with Gasteiger partial charge in [-0.3, -0.25) is 14.2 Å². The summed E-state index contributed by atoms with van der Waals surface area (Å²) >= 11 is 1.30. The summed E-state index contributed by atoms with van der Waals surface area (Å²) in [4.78, 5) is 28.4. The standard InChI is InChI=1S/C22H21F2N5O2S/c1-15-2-5-17(6-3-15)29-14-25-26-22(29)32-13-20(30)27-8-10-28(11-9-27)21(31)16-4-7-18(23)19(24)12-16/h2-7,12,14H,8-11,13H2,1H3. The molecule has 0 radical (unpaired) electrons. The summed E-state index contributed by atoms with van der Waals surface area (Å²) in [5.41, 5.74) is 2.16. The molecule has 1 aromatic heterocycles. The largest absolute Gasteiger partial charge is 0.338 e. The third-order valence-electron chi connectivity index (χ3n) is 5.24. The van der Waals surface area contributed by atoms with Crippen LogP contribution in [0.3, 0.4) is 0 Å². The summed E-state index contributed by atoms with van der Waals surface area (Å²) in [6.07, 6.45) is 1.61. The molecular weight excluding hydrogens is 436 g/mol. The molecule has 0 unspecified atom stereocenters. The van der Waals surface area contributed by atoms with E-state index in [4.69, 9.17) is 0 Å². The quantitative estimate of drug-likeness (QED) is 0.551. The maximum absolute atomic E-state index is 13.4. The normalized spacial score (nSPS) is 14.0. The Hall–Kier alpha value is -3.27. The minimum atomic E-state index is -1.06. The first-order valence-corrected chi connectivity index (χ1v) is 11.0. The zero-order valence-electron chi connectivity index (χ0n) is 17.4. The second-order valence-electron chi connectivity index (χ2n) is 7.41. The van der Waals surface area contributed by atoms with Crippen LogP contribution in [0.2, 0.25) is 0 Å². The fourth-order valence-corrected chi connectivity index (χ4v) is 4.23. The highest BCUT2D eigenvalue weighted by Gasteiger charge is 2.25. The van der Waals surface area contributed by atoms with E-state index in [0.717, 1.165) is 23.4 Å². The van der Waals surface area contributed by atoms with Gasteiger partial charge in [0.15, 0.2) is 16.8 Å². The number of rotatable bonds is 5. The Morgan fingerprint density at radius 3 is 2.34 bits per heavy atom. The first-order chi connectivity index (χ1) is 15.4. The van der Waals surface area contributed by atoms with Crippen LogP contribution in [0.1, 0.15) is 15.9 Å². The number of benzene rings is 2. The number of halogens is 2. The molecule has 1 aliphatic heterocycles. The van der Waals surface area contributed by atoms with Gasteiger partial charge in [-0.15, -0.1) is 10.2 Å². The van der Waals surface area contributed by atoms with Crippen LogP contribution in [0.5, 0.6) is 0 Å². The van der Waals surface area contributed by atoms with Gasteiger partial charge in [0.25, 0.3) is 5.91 Å². The lowest BCUT2D eigenvalue weighted by Gasteiger charge is -2.34. The van der Waals surface area contributed by atoms with Crippen LogP contribution in [0.15, 0.2) is 53.9 Å². The van der Waals surface area contributed by atoms with E-state index >= 15 is 0 Å². The summed E-state index contributed by atoms with van der Waals surface area (Å²) in [5.74, 6) is -2.29. The molecule has 0 spiro atoms. The van der Waals surface area contributed by atoms with Crippen molar-refractivity contribution in [1.82, 2.24) is 24.6 Å². The Balaban J connectivity index is 1.31. The zero-order chi connectivity index (χ0) is 22.7. The topological polar surface area (TPSA) is 71.3 Å². The molecule has 1 aliphatic rings. The fraction of sp³-hybridized carbons (Fsp3) is 0.273. The lowest BCUT2D eigenvalue weighted by atomic mass is 10.1. The van der Waals surface area contributed by atoms with Crippen molar-refractivity contribution in [2.75, 3.05) is 31.9 Å². The average molecular weight is 458 g/mol. The third kappa shape index (κ3) is 4.80. The van der Waals surface area contributed by atoms with Crippen LogP contribution in [0.4, 0.5) is 8.78 Å². The lowest BCUT2D eigenvalue weighted by molar-refractivity contribution is -0.129. The van der Waals surface area contributed by atoms with Gasteiger partial charge < -0.3 is 9.80 Å². The van der Waals surface area contributed by atoms with E-state index in [1.54, 1.807) is 11.2 Å². The monoisotopic (exact) mass is 457 g/mol. The molecule has 2 aromatic carbocycles. The van der Waals surface area contributed by atoms with E-state index in [1.165, 1.54) is 22.7 Å². The fourth-order valence-electron chi connectivity index (χ4n) is 3.39. The Labute approximate surface area is 188 Å². The Bertz CT molecular complexity index is 1130. The van der Waals surface area contributed by atoms with Crippen molar-refractivity contribution in [3.05, 3.63) is 71.6 Å². The van der Waals surface area contributed by atoms with E-state index in [9.17, 15) is 18.4 Å². The van der Waals surface area contributed by atoms with Crippen LogP contribution in [0, 0.1) is 18.6 Å². The number of hydrogen-bond donors (Lipinski definition) is 0. The summed E-state index contributed by atoms with van der Waals surface area (Å²) < 4.78 is 28.3. The van der Waals surface area contributed by atoms with Crippen molar-refractivity contribution in [3.8, 4) is 5.69 Å². The first-order valence-electron chi connectivity index (χ1n) is 10.0. The number of aromatic nitrogens is 3. The highest BCUT2D eigenvalue weighted by Crippen LogP contribution is 2.21. The average Bonchev–Trinajstić information content (AvgIpc) is 3.28. The number of amides is 2. The van der Waals surface area contributed by atoms with Crippen LogP contribution < -0.4 is 0 Å². The smallest absolute Gasteiger partial charge is 0.254 e. The zero-order valence-corrected chi connectivity index (χ0v) is 18.2. The van der Waals surface area contributed by atoms with Gasteiger partial charge in [-0.25, -0.2) is 8.78 Å². The van der Waals surface area contributed by atoms with Gasteiger partial charge in [0, 0.05) is 37.4 Å². The Morgan fingerprint density at radius 2 is 1.66 bits per heavy atom. The van der Waals surface area contributed by atoms with Crippen molar-refractivity contribution in [1.29, 1.82) is 0 Å². The van der Waals surface area contributed by atoms with Gasteiger partial charge in [-0.1, -0.05) is 29.5 Å². The van der Waals surface area contributed by atoms with Gasteiger partial charge in [0.05, 0.1) is 5.75 Å². The number of carbonyl (C=O) groups is 2. The maximum Gasteiger partial charge on any atom is 0.254 e. The molecule has 7 nitrogen and oxygen atoms in total. The molecule has 0 N–H and O–H groups in total. The van der Waals surface area contributed by atoms with Crippen LogP contribution in [-0.2, 0) is 4.79 Å². The predicted molar refractivity (Wildman–Crippen MR) is 116 cm³/mol. The van der Waals surface area contributed by atoms with E-state index in [2.05, 4.69) is 10.2 Å². The Morgan fingerprint density at radius 1 is 0.969 bits per heavy atom. The van der Waals surface area contributed by atoms with Gasteiger partial charge in [-0.2, -0.15) is 0 Å². The number of carbonyl (C=O) groups excluding carboxylic acids is 2. The van der Waals surface area contributed by atoms with E-state index < -0.39 is 11.6 Å². The van der Waals surface area contributed by atoms with Crippen molar-refractivity contribution in [2.45, 2.75) is 12.1 Å². The van der Waals surface area contributed by atoms with Crippen molar-refractivity contribution in [3.63, 3.8) is 0 Å². The van der Waals surface area contributed by atoms with E-state index in [-0.39, 0.29) is 23.1 Å². The van der Waals surface area contributed by atoms with Crippen molar-refractivity contribution < 1.29 is 18.4 Å². The number of aryl methyl sites for hydroxylation is 1. The van der Waals surface area contributed by atoms with Gasteiger partial charge >= 0.3 is 0 Å². The molecule has 166 valence electrons. The van der Waals surface area contributed by atoms with Crippen molar-refractivity contribution >= 4 is 23.6 Å². The molecule has 4 rings (SSSR count). The van der Waals surface area contributed by atoms with Crippen LogP contribution in [0.25, 0.3) is 5.69 Å². The number of nitrogens with zero attached hydrogens (tertiary/aromatic N) is 5. The number of thioether (sulfide) groups is 1. The molecule has 0 bridgehead atoms. The molecule has 1 fully saturated rings. The highest BCUT2D eigenvalue weighted by molar-refractivity contribution is 7.99. The lowest BCUT2D eigenvalue weighted by Crippen LogP contribution is -2.51. The van der Waals surface area contributed by atoms with Crippen LogP contribution >= 0.6 is 11.8 Å². The maximum atomic E-state index is 13.4. The molecule has 0 saturated carbocycles. The molecule has 10 heteroatoms. The predicted octanol–water partition coefficient (Wildman–Crippen LogP) is 2.93. The third-order valence-corrected chi connectivity index (χ3v) is 6.17. The molecule has 1 saturated heterocycles.